The molecule has 1 aliphatic rings. The lowest BCUT2D eigenvalue weighted by atomic mass is 10.0. The standard InChI is InChI=1S/C13H21N3O3S/c1-10-4-3-7-16(9-10)20(17,18)15-11-5-6-13(19-2)12(14)8-11/h5-6,8,10,15H,3-4,7,9,14H2,1-2H3. The molecule has 1 atom stereocenters. The van der Waals surface area contributed by atoms with Crippen LogP contribution in [-0.2, 0) is 10.2 Å². The Bertz CT molecular complexity index is 574. The Balaban J connectivity index is 2.13. The Hall–Kier alpha value is -1.47. The number of hydrogen-bond donors (Lipinski definition) is 2. The van der Waals surface area contributed by atoms with Gasteiger partial charge in [0.25, 0.3) is 0 Å². The smallest absolute Gasteiger partial charge is 0.301 e. The maximum Gasteiger partial charge on any atom is 0.301 e. The number of ether oxygens (including phenoxy) is 1. The van der Waals surface area contributed by atoms with Gasteiger partial charge in [-0.3, -0.25) is 4.72 Å². The molecule has 0 saturated carbocycles. The van der Waals surface area contributed by atoms with Gasteiger partial charge >= 0.3 is 10.2 Å². The minimum Gasteiger partial charge on any atom is -0.495 e. The molecule has 20 heavy (non-hydrogen) atoms. The minimum atomic E-state index is -3.52. The molecule has 1 aromatic carbocycles. The summed E-state index contributed by atoms with van der Waals surface area (Å²) in [5.41, 5.74) is 6.63. The van der Waals surface area contributed by atoms with Crippen LogP contribution in [0.3, 0.4) is 0 Å². The van der Waals surface area contributed by atoms with Crippen molar-refractivity contribution in [3.05, 3.63) is 18.2 Å². The van der Waals surface area contributed by atoms with Gasteiger partial charge in [-0.15, -0.1) is 0 Å². The molecule has 0 spiro atoms. The minimum absolute atomic E-state index is 0.390. The summed E-state index contributed by atoms with van der Waals surface area (Å²) in [6.07, 6.45) is 1.97. The Morgan fingerprint density at radius 3 is 2.80 bits per heavy atom. The molecule has 112 valence electrons. The molecule has 6 nitrogen and oxygen atoms in total. The zero-order valence-electron chi connectivity index (χ0n) is 11.8. The van der Waals surface area contributed by atoms with E-state index in [4.69, 9.17) is 10.5 Å². The van der Waals surface area contributed by atoms with Gasteiger partial charge in [0, 0.05) is 13.1 Å². The maximum absolute atomic E-state index is 12.3. The van der Waals surface area contributed by atoms with Gasteiger partial charge in [-0.05, 0) is 37.0 Å². The number of hydrogen-bond acceptors (Lipinski definition) is 4. The van der Waals surface area contributed by atoms with Crippen molar-refractivity contribution in [2.45, 2.75) is 19.8 Å². The fourth-order valence-electron chi connectivity index (χ4n) is 2.38. The van der Waals surface area contributed by atoms with Gasteiger partial charge in [-0.2, -0.15) is 12.7 Å². The van der Waals surface area contributed by atoms with Crippen molar-refractivity contribution in [1.29, 1.82) is 0 Å². The monoisotopic (exact) mass is 299 g/mol. The first kappa shape index (κ1) is 14.9. The van der Waals surface area contributed by atoms with Crippen LogP contribution in [0.5, 0.6) is 5.75 Å². The zero-order valence-corrected chi connectivity index (χ0v) is 12.6. The number of nitrogens with one attached hydrogen (secondary N) is 1. The van der Waals surface area contributed by atoms with Crippen LogP contribution in [-0.4, -0.2) is 32.9 Å². The average Bonchev–Trinajstić information content (AvgIpc) is 2.38. The fourth-order valence-corrected chi connectivity index (χ4v) is 3.75. The molecule has 0 radical (unpaired) electrons. The van der Waals surface area contributed by atoms with Crippen LogP contribution in [0, 0.1) is 5.92 Å². The normalized spacial score (nSPS) is 20.6. The predicted molar refractivity (Wildman–Crippen MR) is 79.9 cm³/mol. The summed E-state index contributed by atoms with van der Waals surface area (Å²) in [4.78, 5) is 0. The number of nitrogen functional groups attached to an aromatic ring is 1. The first-order valence-electron chi connectivity index (χ1n) is 6.64. The van der Waals surface area contributed by atoms with E-state index in [1.54, 1.807) is 18.2 Å². The highest BCUT2D eigenvalue weighted by atomic mass is 32.2. The van der Waals surface area contributed by atoms with Gasteiger partial charge in [-0.25, -0.2) is 0 Å². The van der Waals surface area contributed by atoms with E-state index < -0.39 is 10.2 Å². The van der Waals surface area contributed by atoms with E-state index >= 15 is 0 Å². The highest BCUT2D eigenvalue weighted by molar-refractivity contribution is 7.90. The molecule has 1 saturated heterocycles. The van der Waals surface area contributed by atoms with Gasteiger partial charge in [-0.1, -0.05) is 6.92 Å². The van der Waals surface area contributed by atoms with Gasteiger partial charge in [0.2, 0.25) is 0 Å². The van der Waals surface area contributed by atoms with E-state index in [1.165, 1.54) is 11.4 Å². The van der Waals surface area contributed by atoms with E-state index in [1.807, 2.05) is 0 Å². The third kappa shape index (κ3) is 3.34. The first-order valence-corrected chi connectivity index (χ1v) is 8.08. The molecular weight excluding hydrogens is 278 g/mol. The van der Waals surface area contributed by atoms with Crippen LogP contribution in [0.15, 0.2) is 18.2 Å². The molecule has 0 aliphatic carbocycles. The molecule has 1 unspecified atom stereocenters. The predicted octanol–water partition coefficient (Wildman–Crippen LogP) is 1.67. The Labute approximate surface area is 120 Å². The third-order valence-corrected chi connectivity index (χ3v) is 4.94. The summed E-state index contributed by atoms with van der Waals surface area (Å²) in [6.45, 7) is 3.18. The van der Waals surface area contributed by atoms with Crippen molar-refractivity contribution in [3.8, 4) is 5.75 Å². The molecule has 2 rings (SSSR count). The van der Waals surface area contributed by atoms with Crippen molar-refractivity contribution >= 4 is 21.6 Å². The Morgan fingerprint density at radius 1 is 1.45 bits per heavy atom. The Morgan fingerprint density at radius 2 is 2.20 bits per heavy atom. The zero-order chi connectivity index (χ0) is 14.8. The van der Waals surface area contributed by atoms with E-state index in [-0.39, 0.29) is 0 Å². The molecule has 1 heterocycles. The quantitative estimate of drug-likeness (QED) is 0.828. The SMILES string of the molecule is COc1ccc(NS(=O)(=O)N2CCCC(C)C2)cc1N. The molecule has 0 aromatic heterocycles. The number of anilines is 2. The van der Waals surface area contributed by atoms with E-state index in [9.17, 15) is 8.42 Å². The van der Waals surface area contributed by atoms with Gasteiger partial charge in [0.05, 0.1) is 18.5 Å². The number of benzene rings is 1. The number of nitrogens with zero attached hydrogens (tertiary/aromatic N) is 1. The summed E-state index contributed by atoms with van der Waals surface area (Å²) >= 11 is 0. The Kier molecular flexibility index (Phi) is 4.39. The van der Waals surface area contributed by atoms with Crippen LogP contribution in [0.1, 0.15) is 19.8 Å². The molecule has 1 aliphatic heterocycles. The average molecular weight is 299 g/mol. The largest absolute Gasteiger partial charge is 0.495 e. The fraction of sp³-hybridized carbons (Fsp3) is 0.538. The molecule has 1 fully saturated rings. The lowest BCUT2D eigenvalue weighted by Crippen LogP contribution is -2.42. The number of methoxy groups -OCH3 is 1. The second-order valence-corrected chi connectivity index (χ2v) is 6.84. The summed E-state index contributed by atoms with van der Waals surface area (Å²) in [5, 5.41) is 0. The van der Waals surface area contributed by atoms with Crippen molar-refractivity contribution < 1.29 is 13.2 Å². The van der Waals surface area contributed by atoms with Gasteiger partial charge < -0.3 is 10.5 Å². The lowest BCUT2D eigenvalue weighted by molar-refractivity contribution is 0.282. The van der Waals surface area contributed by atoms with Crippen molar-refractivity contribution in [2.75, 3.05) is 30.7 Å². The summed E-state index contributed by atoms with van der Waals surface area (Å²) in [7, 11) is -2.00. The van der Waals surface area contributed by atoms with E-state index in [2.05, 4.69) is 11.6 Å². The summed E-state index contributed by atoms with van der Waals surface area (Å²) < 4.78 is 33.7. The first-order chi connectivity index (χ1) is 9.42. The highest BCUT2D eigenvalue weighted by Gasteiger charge is 2.27. The second-order valence-electron chi connectivity index (χ2n) is 5.17. The topological polar surface area (TPSA) is 84.7 Å². The molecule has 0 amide bonds. The van der Waals surface area contributed by atoms with Crippen LogP contribution >= 0.6 is 0 Å². The van der Waals surface area contributed by atoms with Crippen LogP contribution in [0.4, 0.5) is 11.4 Å². The molecule has 0 bridgehead atoms. The maximum atomic E-state index is 12.3. The summed E-state index contributed by atoms with van der Waals surface area (Å²) in [6, 6.07) is 4.84. The molecule has 3 N–H and O–H groups in total. The van der Waals surface area contributed by atoms with Crippen molar-refractivity contribution in [3.63, 3.8) is 0 Å². The van der Waals surface area contributed by atoms with E-state index in [0.717, 1.165) is 12.8 Å². The third-order valence-electron chi connectivity index (χ3n) is 3.44. The number of piperidine rings is 1. The second kappa shape index (κ2) is 5.88. The van der Waals surface area contributed by atoms with Crippen LogP contribution in [0.2, 0.25) is 0 Å². The van der Waals surface area contributed by atoms with Crippen molar-refractivity contribution in [2.24, 2.45) is 5.92 Å². The van der Waals surface area contributed by atoms with Gasteiger partial charge in [0.1, 0.15) is 5.75 Å². The number of rotatable bonds is 4. The van der Waals surface area contributed by atoms with Crippen LogP contribution < -0.4 is 15.2 Å². The summed E-state index contributed by atoms with van der Waals surface area (Å²) in [5.74, 6) is 0.917. The van der Waals surface area contributed by atoms with Crippen molar-refractivity contribution in [1.82, 2.24) is 4.31 Å². The van der Waals surface area contributed by atoms with Crippen LogP contribution in [0.25, 0.3) is 0 Å². The van der Waals surface area contributed by atoms with E-state index in [0.29, 0.717) is 36.1 Å². The molecule has 1 aromatic rings. The lowest BCUT2D eigenvalue weighted by Gasteiger charge is -2.30. The molecule has 7 heteroatoms. The molecular formula is C13H21N3O3S. The number of nitrogens with two attached hydrogens (primary N) is 1. The van der Waals surface area contributed by atoms with Gasteiger partial charge in [0.15, 0.2) is 0 Å². The highest BCUT2D eigenvalue weighted by Crippen LogP contribution is 2.26.